The van der Waals surface area contributed by atoms with Crippen LogP contribution >= 0.6 is 11.6 Å². The zero-order valence-electron chi connectivity index (χ0n) is 10.0. The maximum absolute atomic E-state index is 6.03. The molecule has 1 aromatic heterocycles. The van der Waals surface area contributed by atoms with Crippen LogP contribution in [0.1, 0.15) is 5.69 Å². The van der Waals surface area contributed by atoms with Gasteiger partial charge in [0.2, 0.25) is 0 Å². The number of pyridine rings is 1. The molecular weight excluding hydrogens is 242 g/mol. The van der Waals surface area contributed by atoms with E-state index in [4.69, 9.17) is 11.6 Å². The SMILES string of the molecule is Cc1cc(-c2ccccc2)c2ccc(Cl)cc2n1. The van der Waals surface area contributed by atoms with Crippen LogP contribution in [0, 0.1) is 6.92 Å². The fraction of sp³-hybridized carbons (Fsp3) is 0.0625. The Kier molecular flexibility index (Phi) is 2.77. The first-order valence-corrected chi connectivity index (χ1v) is 6.24. The normalized spacial score (nSPS) is 10.8. The van der Waals surface area contributed by atoms with Gasteiger partial charge >= 0.3 is 0 Å². The van der Waals surface area contributed by atoms with Crippen LogP contribution in [-0.2, 0) is 0 Å². The Morgan fingerprint density at radius 3 is 2.50 bits per heavy atom. The van der Waals surface area contributed by atoms with Crippen LogP contribution in [0.5, 0.6) is 0 Å². The van der Waals surface area contributed by atoms with Crippen LogP contribution in [0.2, 0.25) is 5.02 Å². The number of halogens is 1. The van der Waals surface area contributed by atoms with E-state index in [2.05, 4.69) is 23.2 Å². The number of rotatable bonds is 1. The molecule has 0 N–H and O–H groups in total. The summed E-state index contributed by atoms with van der Waals surface area (Å²) in [5, 5.41) is 1.86. The van der Waals surface area contributed by atoms with Crippen molar-refractivity contribution >= 4 is 22.5 Å². The lowest BCUT2D eigenvalue weighted by Gasteiger charge is -2.08. The Bertz CT molecular complexity index is 700. The highest BCUT2D eigenvalue weighted by Gasteiger charge is 2.06. The van der Waals surface area contributed by atoms with Gasteiger partial charge in [-0.05, 0) is 36.2 Å². The molecule has 0 saturated carbocycles. The van der Waals surface area contributed by atoms with E-state index in [1.807, 2.05) is 43.3 Å². The molecule has 0 aliphatic heterocycles. The highest BCUT2D eigenvalue weighted by molar-refractivity contribution is 6.31. The van der Waals surface area contributed by atoms with Crippen molar-refractivity contribution in [2.75, 3.05) is 0 Å². The van der Waals surface area contributed by atoms with Gasteiger partial charge in [0.1, 0.15) is 0 Å². The molecule has 1 heterocycles. The van der Waals surface area contributed by atoms with Gasteiger partial charge in [0, 0.05) is 16.1 Å². The minimum atomic E-state index is 0.722. The maximum Gasteiger partial charge on any atom is 0.0726 e. The van der Waals surface area contributed by atoms with E-state index in [1.54, 1.807) is 0 Å². The highest BCUT2D eigenvalue weighted by atomic mass is 35.5. The molecule has 0 atom stereocenters. The summed E-state index contributed by atoms with van der Waals surface area (Å²) in [5.41, 5.74) is 4.36. The average Bonchev–Trinajstić information content (AvgIpc) is 2.38. The zero-order valence-corrected chi connectivity index (χ0v) is 10.8. The van der Waals surface area contributed by atoms with Gasteiger partial charge in [0.05, 0.1) is 5.52 Å². The lowest BCUT2D eigenvalue weighted by atomic mass is 10.0. The van der Waals surface area contributed by atoms with E-state index in [1.165, 1.54) is 11.1 Å². The number of hydrogen-bond donors (Lipinski definition) is 0. The first-order valence-electron chi connectivity index (χ1n) is 5.86. The second-order valence-electron chi connectivity index (χ2n) is 4.34. The minimum absolute atomic E-state index is 0.722. The highest BCUT2D eigenvalue weighted by Crippen LogP contribution is 2.29. The van der Waals surface area contributed by atoms with E-state index in [-0.39, 0.29) is 0 Å². The van der Waals surface area contributed by atoms with Crippen LogP contribution in [0.4, 0.5) is 0 Å². The molecule has 2 aromatic carbocycles. The third-order valence-corrected chi connectivity index (χ3v) is 3.22. The molecule has 1 nitrogen and oxygen atoms in total. The van der Waals surface area contributed by atoms with Gasteiger partial charge in [-0.2, -0.15) is 0 Å². The fourth-order valence-corrected chi connectivity index (χ4v) is 2.36. The van der Waals surface area contributed by atoms with Crippen LogP contribution < -0.4 is 0 Å². The quantitative estimate of drug-likeness (QED) is 0.603. The van der Waals surface area contributed by atoms with Gasteiger partial charge in [-0.25, -0.2) is 0 Å². The van der Waals surface area contributed by atoms with Crippen molar-refractivity contribution in [1.82, 2.24) is 4.98 Å². The number of aryl methyl sites for hydroxylation is 1. The van der Waals surface area contributed by atoms with E-state index in [9.17, 15) is 0 Å². The van der Waals surface area contributed by atoms with Gasteiger partial charge in [-0.3, -0.25) is 4.98 Å². The topological polar surface area (TPSA) is 12.9 Å². The monoisotopic (exact) mass is 253 g/mol. The van der Waals surface area contributed by atoms with E-state index >= 15 is 0 Å². The second kappa shape index (κ2) is 4.43. The maximum atomic E-state index is 6.03. The van der Waals surface area contributed by atoms with Gasteiger partial charge in [0.25, 0.3) is 0 Å². The van der Waals surface area contributed by atoms with Gasteiger partial charge in [-0.15, -0.1) is 0 Å². The van der Waals surface area contributed by atoms with E-state index in [0.717, 1.165) is 21.6 Å². The Morgan fingerprint density at radius 1 is 0.944 bits per heavy atom. The van der Waals surface area contributed by atoms with Crippen molar-refractivity contribution in [2.45, 2.75) is 6.92 Å². The van der Waals surface area contributed by atoms with Crippen molar-refractivity contribution in [3.8, 4) is 11.1 Å². The Morgan fingerprint density at radius 2 is 1.72 bits per heavy atom. The van der Waals surface area contributed by atoms with Crippen molar-refractivity contribution in [2.24, 2.45) is 0 Å². The summed E-state index contributed by atoms with van der Waals surface area (Å²) in [6.07, 6.45) is 0. The molecule has 3 rings (SSSR count). The molecule has 0 spiro atoms. The van der Waals surface area contributed by atoms with Gasteiger partial charge in [-0.1, -0.05) is 48.0 Å². The average molecular weight is 254 g/mol. The lowest BCUT2D eigenvalue weighted by Crippen LogP contribution is -1.88. The molecule has 0 radical (unpaired) electrons. The number of fused-ring (bicyclic) bond motifs is 1. The summed E-state index contributed by atoms with van der Waals surface area (Å²) in [4.78, 5) is 4.54. The molecule has 0 amide bonds. The number of aromatic nitrogens is 1. The second-order valence-corrected chi connectivity index (χ2v) is 4.78. The molecule has 88 valence electrons. The van der Waals surface area contributed by atoms with Gasteiger partial charge < -0.3 is 0 Å². The van der Waals surface area contributed by atoms with Crippen LogP contribution in [0.3, 0.4) is 0 Å². The van der Waals surface area contributed by atoms with Crippen molar-refractivity contribution in [1.29, 1.82) is 0 Å². The summed E-state index contributed by atoms with van der Waals surface area (Å²) in [6, 6.07) is 18.3. The molecule has 2 heteroatoms. The summed E-state index contributed by atoms with van der Waals surface area (Å²) in [7, 11) is 0. The molecular formula is C16H12ClN. The van der Waals surface area contributed by atoms with E-state index in [0.29, 0.717) is 0 Å². The largest absolute Gasteiger partial charge is 0.253 e. The van der Waals surface area contributed by atoms with Crippen molar-refractivity contribution < 1.29 is 0 Å². The molecule has 0 aliphatic carbocycles. The molecule has 3 aromatic rings. The standard InChI is InChI=1S/C16H12ClN/c1-11-9-15(12-5-3-2-4-6-12)14-8-7-13(17)10-16(14)18-11/h2-10H,1H3. The third-order valence-electron chi connectivity index (χ3n) is 2.98. The third kappa shape index (κ3) is 1.98. The van der Waals surface area contributed by atoms with Crippen LogP contribution in [-0.4, -0.2) is 4.98 Å². The summed E-state index contributed by atoms with van der Waals surface area (Å²) in [6.45, 7) is 2.01. The molecule has 0 unspecified atom stereocenters. The number of hydrogen-bond acceptors (Lipinski definition) is 1. The van der Waals surface area contributed by atoms with Crippen molar-refractivity contribution in [3.63, 3.8) is 0 Å². The Balaban J connectivity index is 2.35. The molecule has 18 heavy (non-hydrogen) atoms. The van der Waals surface area contributed by atoms with Gasteiger partial charge in [0.15, 0.2) is 0 Å². The molecule has 0 aliphatic rings. The first-order chi connectivity index (χ1) is 8.74. The van der Waals surface area contributed by atoms with E-state index < -0.39 is 0 Å². The van der Waals surface area contributed by atoms with Crippen LogP contribution in [0.15, 0.2) is 54.6 Å². The predicted octanol–water partition coefficient (Wildman–Crippen LogP) is 4.86. The smallest absolute Gasteiger partial charge is 0.0726 e. The zero-order chi connectivity index (χ0) is 12.5. The molecule has 0 saturated heterocycles. The Hall–Kier alpha value is -1.86. The molecule has 0 bridgehead atoms. The van der Waals surface area contributed by atoms with Crippen LogP contribution in [0.25, 0.3) is 22.0 Å². The summed E-state index contributed by atoms with van der Waals surface area (Å²) in [5.74, 6) is 0. The fourth-order valence-electron chi connectivity index (χ4n) is 2.19. The first kappa shape index (κ1) is 11.2. The Labute approximate surface area is 111 Å². The summed E-state index contributed by atoms with van der Waals surface area (Å²) >= 11 is 6.03. The molecule has 0 fully saturated rings. The predicted molar refractivity (Wildman–Crippen MR) is 76.9 cm³/mol. The minimum Gasteiger partial charge on any atom is -0.253 e. The lowest BCUT2D eigenvalue weighted by molar-refractivity contribution is 1.26. The number of nitrogens with zero attached hydrogens (tertiary/aromatic N) is 1. The number of benzene rings is 2. The van der Waals surface area contributed by atoms with Crippen molar-refractivity contribution in [3.05, 3.63) is 65.3 Å². The summed E-state index contributed by atoms with van der Waals surface area (Å²) < 4.78 is 0.